The average Bonchev–Trinajstić information content (AvgIpc) is 3.27. The van der Waals surface area contributed by atoms with Crippen molar-refractivity contribution in [2.24, 2.45) is 28.6 Å². The zero-order chi connectivity index (χ0) is 27.2. The normalized spacial score (nSPS) is 38.1. The van der Waals surface area contributed by atoms with Crippen molar-refractivity contribution < 1.29 is 14.0 Å². The molecule has 0 bridgehead atoms. The van der Waals surface area contributed by atoms with Gasteiger partial charge in [-0.05, 0) is 97.5 Å². The second-order valence-electron chi connectivity index (χ2n) is 13.3. The third-order valence-corrected chi connectivity index (χ3v) is 11.4. The molecule has 4 aliphatic carbocycles. The summed E-state index contributed by atoms with van der Waals surface area (Å²) in [5.74, 6) is 2.46. The number of carbonyl (C=O) groups is 2. The number of hydrogen-bond donors (Lipinski definition) is 3. The van der Waals surface area contributed by atoms with Crippen LogP contribution in [0.5, 0.6) is 0 Å². The van der Waals surface area contributed by atoms with Gasteiger partial charge in [0.1, 0.15) is 0 Å². The number of amides is 3. The fourth-order valence-electron chi connectivity index (χ4n) is 9.24. The van der Waals surface area contributed by atoms with Crippen LogP contribution in [-0.2, 0) is 4.79 Å². The third-order valence-electron chi connectivity index (χ3n) is 11.4. The van der Waals surface area contributed by atoms with Crippen LogP contribution in [0.2, 0.25) is 0 Å². The van der Waals surface area contributed by atoms with Crippen LogP contribution in [0.3, 0.4) is 0 Å². The van der Waals surface area contributed by atoms with Gasteiger partial charge < -0.3 is 20.4 Å². The minimum absolute atomic E-state index is 0.0587. The van der Waals surface area contributed by atoms with Gasteiger partial charge >= 0.3 is 11.7 Å². The number of nitrogens with one attached hydrogen (secondary N) is 3. The average molecular weight is 537 g/mol. The molecule has 1 aliphatic heterocycles. The van der Waals surface area contributed by atoms with Crippen LogP contribution in [0.1, 0.15) is 76.7 Å². The minimum Gasteiger partial charge on any atom is -0.431 e. The quantitative estimate of drug-likeness (QED) is 0.497. The lowest BCUT2D eigenvalue weighted by Gasteiger charge is -2.60. The van der Waals surface area contributed by atoms with Crippen LogP contribution >= 0.6 is 0 Å². The standard InChI is InChI=1S/C31H44N4O4/c1-30-11-9-22(34-29(38)33-14-16-35-15-13-32-27(36)18-35)17-21(30)4-5-23-25-7-6-24(20-3-8-28(37)39-19-20)31(25,2)12-10-26(23)30/h3,7-8,19,21-24,26H,4-6,9-18H2,1-2H3,(H,32,36)(H2,33,34,38)/t21-,22+,23+,24-,26+,30+,31-/m1/s1. The molecule has 7 atom stereocenters. The van der Waals surface area contributed by atoms with E-state index in [-0.39, 0.29) is 29.0 Å². The Morgan fingerprint density at radius 2 is 2.03 bits per heavy atom. The van der Waals surface area contributed by atoms with Crippen LogP contribution < -0.4 is 21.6 Å². The molecular formula is C31H44N4O4. The Hall–Kier alpha value is -2.61. The van der Waals surface area contributed by atoms with Crippen LogP contribution in [0.15, 0.2) is 39.3 Å². The Morgan fingerprint density at radius 1 is 1.15 bits per heavy atom. The largest absolute Gasteiger partial charge is 0.431 e. The SMILES string of the molecule is C[C@]12CC[C@H](NC(=O)NCCN3CCNC(=O)C3)C[C@H]1CC[C@H]1C3=CC[C@H](c4ccc(=O)oc4)[C@@]3(C)CC[C@@H]12. The van der Waals surface area contributed by atoms with Gasteiger partial charge in [-0.2, -0.15) is 0 Å². The van der Waals surface area contributed by atoms with Gasteiger partial charge in [-0.3, -0.25) is 9.69 Å². The Balaban J connectivity index is 1.04. The molecule has 2 heterocycles. The first-order chi connectivity index (χ1) is 18.8. The molecule has 212 valence electrons. The Bertz CT molecular complexity index is 1170. The van der Waals surface area contributed by atoms with Crippen molar-refractivity contribution in [2.45, 2.75) is 77.2 Å². The molecule has 3 N–H and O–H groups in total. The van der Waals surface area contributed by atoms with Crippen molar-refractivity contribution in [3.63, 3.8) is 0 Å². The first-order valence-electron chi connectivity index (χ1n) is 15.1. The molecule has 3 saturated carbocycles. The number of carbonyl (C=O) groups excluding carboxylic acids is 2. The van der Waals surface area contributed by atoms with E-state index < -0.39 is 0 Å². The Labute approximate surface area is 231 Å². The number of hydrogen-bond acceptors (Lipinski definition) is 5. The van der Waals surface area contributed by atoms with E-state index in [2.05, 4.69) is 40.8 Å². The van der Waals surface area contributed by atoms with E-state index >= 15 is 0 Å². The van der Waals surface area contributed by atoms with Gasteiger partial charge in [0.05, 0.1) is 12.8 Å². The number of nitrogens with zero attached hydrogens (tertiary/aromatic N) is 1. The highest BCUT2D eigenvalue weighted by Gasteiger charge is 2.57. The van der Waals surface area contributed by atoms with Gasteiger partial charge in [0.25, 0.3) is 0 Å². The molecule has 1 saturated heterocycles. The molecule has 4 fully saturated rings. The lowest BCUT2D eigenvalue weighted by molar-refractivity contribution is -0.124. The van der Waals surface area contributed by atoms with Crippen molar-refractivity contribution in [3.8, 4) is 0 Å². The number of urea groups is 1. The first-order valence-corrected chi connectivity index (χ1v) is 15.1. The maximum absolute atomic E-state index is 12.7. The monoisotopic (exact) mass is 536 g/mol. The molecule has 8 heteroatoms. The number of fused-ring (bicyclic) bond motifs is 5. The summed E-state index contributed by atoms with van der Waals surface area (Å²) in [6.07, 6.45) is 13.5. The van der Waals surface area contributed by atoms with E-state index in [4.69, 9.17) is 4.42 Å². The molecule has 8 nitrogen and oxygen atoms in total. The predicted molar refractivity (Wildman–Crippen MR) is 149 cm³/mol. The van der Waals surface area contributed by atoms with Crippen molar-refractivity contribution >= 4 is 11.9 Å². The van der Waals surface area contributed by atoms with E-state index in [0.717, 1.165) is 31.4 Å². The molecule has 3 amide bonds. The van der Waals surface area contributed by atoms with E-state index in [1.807, 2.05) is 6.07 Å². The maximum atomic E-state index is 12.7. The topological polar surface area (TPSA) is 104 Å². The maximum Gasteiger partial charge on any atom is 0.335 e. The second-order valence-corrected chi connectivity index (χ2v) is 13.3. The highest BCUT2D eigenvalue weighted by Crippen LogP contribution is 2.67. The minimum atomic E-state index is -0.277. The summed E-state index contributed by atoms with van der Waals surface area (Å²) < 4.78 is 5.25. The lowest BCUT2D eigenvalue weighted by Crippen LogP contribution is -2.55. The number of piperazine rings is 1. The number of rotatable bonds is 5. The summed E-state index contributed by atoms with van der Waals surface area (Å²) in [4.78, 5) is 37.8. The molecule has 6 rings (SSSR count). The molecule has 1 aromatic heterocycles. The molecule has 0 radical (unpaired) electrons. The second kappa shape index (κ2) is 10.4. The molecule has 0 spiro atoms. The van der Waals surface area contributed by atoms with Crippen molar-refractivity contribution in [2.75, 3.05) is 32.7 Å². The lowest BCUT2D eigenvalue weighted by atomic mass is 9.45. The zero-order valence-corrected chi connectivity index (χ0v) is 23.5. The van der Waals surface area contributed by atoms with Crippen molar-refractivity contribution in [1.82, 2.24) is 20.9 Å². The summed E-state index contributed by atoms with van der Waals surface area (Å²) >= 11 is 0. The van der Waals surface area contributed by atoms with Gasteiger partial charge in [0, 0.05) is 38.3 Å². The van der Waals surface area contributed by atoms with Gasteiger partial charge in [-0.25, -0.2) is 9.59 Å². The molecule has 1 aromatic rings. The summed E-state index contributed by atoms with van der Waals surface area (Å²) in [5.41, 5.74) is 3.03. The van der Waals surface area contributed by atoms with Crippen LogP contribution in [0.25, 0.3) is 0 Å². The number of allylic oxidation sites excluding steroid dienone is 2. The van der Waals surface area contributed by atoms with Gasteiger partial charge in [-0.15, -0.1) is 0 Å². The molecule has 0 aromatic carbocycles. The van der Waals surface area contributed by atoms with E-state index in [1.165, 1.54) is 32.1 Å². The Morgan fingerprint density at radius 3 is 2.82 bits per heavy atom. The zero-order valence-electron chi connectivity index (χ0n) is 23.5. The van der Waals surface area contributed by atoms with Gasteiger partial charge in [-0.1, -0.05) is 25.5 Å². The van der Waals surface area contributed by atoms with E-state index in [1.54, 1.807) is 17.9 Å². The molecule has 39 heavy (non-hydrogen) atoms. The van der Waals surface area contributed by atoms with Crippen molar-refractivity contribution in [1.29, 1.82) is 0 Å². The summed E-state index contributed by atoms with van der Waals surface area (Å²) in [5, 5.41) is 9.12. The van der Waals surface area contributed by atoms with Crippen LogP contribution in [0.4, 0.5) is 4.79 Å². The fraction of sp³-hybridized carbons (Fsp3) is 0.710. The predicted octanol–water partition coefficient (Wildman–Crippen LogP) is 3.79. The highest BCUT2D eigenvalue weighted by molar-refractivity contribution is 5.78. The van der Waals surface area contributed by atoms with Gasteiger partial charge in [0.2, 0.25) is 5.91 Å². The van der Waals surface area contributed by atoms with Crippen molar-refractivity contribution in [3.05, 3.63) is 46.0 Å². The van der Waals surface area contributed by atoms with E-state index in [0.29, 0.717) is 55.3 Å². The van der Waals surface area contributed by atoms with Crippen LogP contribution in [0, 0.1) is 28.6 Å². The third kappa shape index (κ3) is 4.94. The summed E-state index contributed by atoms with van der Waals surface area (Å²) in [7, 11) is 0. The Kier molecular flexibility index (Phi) is 7.11. The van der Waals surface area contributed by atoms with Gasteiger partial charge in [0.15, 0.2) is 0 Å². The molecule has 0 unspecified atom stereocenters. The summed E-state index contributed by atoms with van der Waals surface area (Å²) in [6, 6.07) is 3.69. The smallest absolute Gasteiger partial charge is 0.335 e. The fourth-order valence-corrected chi connectivity index (χ4v) is 9.24. The highest BCUT2D eigenvalue weighted by atomic mass is 16.4. The first kappa shape index (κ1) is 26.6. The van der Waals surface area contributed by atoms with E-state index in [9.17, 15) is 14.4 Å². The molecule has 5 aliphatic rings. The molecular weight excluding hydrogens is 492 g/mol. The van der Waals surface area contributed by atoms with Crippen LogP contribution in [-0.4, -0.2) is 55.6 Å². The summed E-state index contributed by atoms with van der Waals surface area (Å²) in [6.45, 7) is 8.17.